The normalized spacial score (nSPS) is 24.5. The van der Waals surface area contributed by atoms with E-state index in [2.05, 4.69) is 4.90 Å². The smallest absolute Gasteiger partial charge is 0.256 e. The molecule has 4 rings (SSSR count). The molecule has 1 amide bonds. The molecule has 0 N–H and O–H groups in total. The second-order valence-corrected chi connectivity index (χ2v) is 10.7. The van der Waals surface area contributed by atoms with E-state index in [0.717, 1.165) is 57.3 Å². The number of amides is 1. The van der Waals surface area contributed by atoms with Gasteiger partial charge in [0, 0.05) is 38.4 Å². The molecule has 172 valence electrons. The summed E-state index contributed by atoms with van der Waals surface area (Å²) in [5, 5.41) is 0. The van der Waals surface area contributed by atoms with Crippen LogP contribution in [0.3, 0.4) is 0 Å². The molecule has 2 heterocycles. The van der Waals surface area contributed by atoms with Crippen molar-refractivity contribution in [2.24, 2.45) is 0 Å². The Bertz CT molecular complexity index is 892. The van der Waals surface area contributed by atoms with Gasteiger partial charge in [-0.1, -0.05) is 26.7 Å². The summed E-state index contributed by atoms with van der Waals surface area (Å²) in [4.78, 5) is 18.2. The maximum atomic E-state index is 13.9. The summed E-state index contributed by atoms with van der Waals surface area (Å²) in [6.45, 7) is 7.39. The van der Waals surface area contributed by atoms with Gasteiger partial charge in [0.15, 0.2) is 0 Å². The third kappa shape index (κ3) is 4.34. The van der Waals surface area contributed by atoms with Crippen LogP contribution in [0.5, 0.6) is 0 Å². The number of hydrogen-bond acceptors (Lipinski definition) is 5. The molecule has 1 aliphatic carbocycles. The number of hydrogen-bond donors (Lipinski definition) is 0. The van der Waals surface area contributed by atoms with Crippen molar-refractivity contribution in [1.82, 2.24) is 9.21 Å². The predicted molar refractivity (Wildman–Crippen MR) is 121 cm³/mol. The fourth-order valence-electron chi connectivity index (χ4n) is 5.30. The number of carbonyl (C=O) groups excluding carboxylic acids is 1. The van der Waals surface area contributed by atoms with Gasteiger partial charge in [-0.25, -0.2) is 8.42 Å². The first-order valence-electron chi connectivity index (χ1n) is 11.8. The van der Waals surface area contributed by atoms with Crippen molar-refractivity contribution < 1.29 is 17.9 Å². The average Bonchev–Trinajstić information content (AvgIpc) is 3.33. The van der Waals surface area contributed by atoms with Crippen LogP contribution in [0.15, 0.2) is 23.1 Å². The van der Waals surface area contributed by atoms with Gasteiger partial charge in [0.2, 0.25) is 10.0 Å². The lowest BCUT2D eigenvalue weighted by molar-refractivity contribution is -0.0752. The fraction of sp³-hybridized carbons (Fsp3) is 0.696. The van der Waals surface area contributed by atoms with Crippen LogP contribution in [-0.2, 0) is 14.8 Å². The summed E-state index contributed by atoms with van der Waals surface area (Å²) < 4.78 is 33.7. The van der Waals surface area contributed by atoms with Gasteiger partial charge in [0.25, 0.3) is 5.91 Å². The van der Waals surface area contributed by atoms with Gasteiger partial charge in [0.05, 0.1) is 29.2 Å². The van der Waals surface area contributed by atoms with Crippen molar-refractivity contribution in [1.29, 1.82) is 0 Å². The molecule has 0 radical (unpaired) electrons. The van der Waals surface area contributed by atoms with Gasteiger partial charge in [-0.3, -0.25) is 4.79 Å². The van der Waals surface area contributed by atoms with E-state index >= 15 is 0 Å². The average molecular weight is 450 g/mol. The fourth-order valence-corrected chi connectivity index (χ4v) is 6.78. The third-order valence-electron chi connectivity index (χ3n) is 6.98. The second kappa shape index (κ2) is 9.46. The number of benzene rings is 1. The molecule has 2 atom stereocenters. The number of anilines is 1. The van der Waals surface area contributed by atoms with Crippen molar-refractivity contribution in [3.8, 4) is 0 Å². The summed E-state index contributed by atoms with van der Waals surface area (Å²) in [5.41, 5.74) is 1.38. The van der Waals surface area contributed by atoms with E-state index in [4.69, 9.17) is 4.74 Å². The molecule has 0 aromatic heterocycles. The molecule has 3 aliphatic rings. The molecule has 0 spiro atoms. The Kier molecular flexibility index (Phi) is 6.89. The lowest BCUT2D eigenvalue weighted by Crippen LogP contribution is -2.55. The summed E-state index contributed by atoms with van der Waals surface area (Å²) in [5.74, 6) is -0.0568. The topological polar surface area (TPSA) is 70.2 Å². The van der Waals surface area contributed by atoms with E-state index in [0.29, 0.717) is 31.8 Å². The highest BCUT2D eigenvalue weighted by molar-refractivity contribution is 7.89. The first-order chi connectivity index (χ1) is 15.0. The summed E-state index contributed by atoms with van der Waals surface area (Å²) >= 11 is 0. The van der Waals surface area contributed by atoms with E-state index < -0.39 is 10.0 Å². The third-order valence-corrected chi connectivity index (χ3v) is 9.03. The highest BCUT2D eigenvalue weighted by Gasteiger charge is 2.38. The van der Waals surface area contributed by atoms with E-state index in [-0.39, 0.29) is 22.9 Å². The van der Waals surface area contributed by atoms with Gasteiger partial charge < -0.3 is 14.5 Å². The summed E-state index contributed by atoms with van der Waals surface area (Å²) in [6.07, 6.45) is 6.47. The van der Waals surface area contributed by atoms with Crippen LogP contribution in [0, 0.1) is 0 Å². The molecular formula is C23H35N3O4S. The van der Waals surface area contributed by atoms with Crippen LogP contribution < -0.4 is 4.90 Å². The maximum Gasteiger partial charge on any atom is 0.256 e. The zero-order valence-electron chi connectivity index (χ0n) is 18.8. The standard InChI is InChI=1S/C23H35N3O4S/c1-3-25(4-2)31(28,29)18-11-12-20(24-13-7-8-14-24)19(17-18)23(27)26-15-16-30-22-10-6-5-9-21(22)26/h11-12,17,21-22H,3-10,13-16H2,1-2H3. The second-order valence-electron chi connectivity index (χ2n) is 8.72. The first-order valence-corrected chi connectivity index (χ1v) is 13.2. The van der Waals surface area contributed by atoms with E-state index in [1.807, 2.05) is 24.8 Å². The molecule has 3 fully saturated rings. The quantitative estimate of drug-likeness (QED) is 0.667. The summed E-state index contributed by atoms with van der Waals surface area (Å²) in [6, 6.07) is 5.22. The largest absolute Gasteiger partial charge is 0.374 e. The van der Waals surface area contributed by atoms with Crippen LogP contribution in [-0.4, -0.2) is 75.0 Å². The molecule has 7 nitrogen and oxygen atoms in total. The Balaban J connectivity index is 1.73. The highest BCUT2D eigenvalue weighted by atomic mass is 32.2. The van der Waals surface area contributed by atoms with Crippen molar-refractivity contribution in [3.63, 3.8) is 0 Å². The molecule has 8 heteroatoms. The van der Waals surface area contributed by atoms with Crippen LogP contribution >= 0.6 is 0 Å². The van der Waals surface area contributed by atoms with Crippen molar-refractivity contribution in [2.45, 2.75) is 69.4 Å². The Morgan fingerprint density at radius 3 is 2.48 bits per heavy atom. The van der Waals surface area contributed by atoms with E-state index in [1.54, 1.807) is 12.1 Å². The molecule has 0 bridgehead atoms. The lowest BCUT2D eigenvalue weighted by atomic mass is 9.89. The Hall–Kier alpha value is -1.64. The van der Waals surface area contributed by atoms with Crippen LogP contribution in [0.4, 0.5) is 5.69 Å². The van der Waals surface area contributed by atoms with Gasteiger partial charge in [-0.2, -0.15) is 4.31 Å². The van der Waals surface area contributed by atoms with Crippen LogP contribution in [0.25, 0.3) is 0 Å². The first kappa shape index (κ1) is 22.6. The Morgan fingerprint density at radius 2 is 1.77 bits per heavy atom. The number of ether oxygens (including phenoxy) is 1. The molecule has 1 saturated carbocycles. The molecule has 2 saturated heterocycles. The highest BCUT2D eigenvalue weighted by Crippen LogP contribution is 2.33. The van der Waals surface area contributed by atoms with Crippen LogP contribution in [0.2, 0.25) is 0 Å². The predicted octanol–water partition coefficient (Wildman–Crippen LogP) is 3.10. The molecule has 2 unspecified atom stereocenters. The van der Waals surface area contributed by atoms with Crippen molar-refractivity contribution in [3.05, 3.63) is 23.8 Å². The molecule has 1 aromatic carbocycles. The van der Waals surface area contributed by atoms with E-state index in [1.165, 1.54) is 4.31 Å². The minimum atomic E-state index is -3.63. The lowest BCUT2D eigenvalue weighted by Gasteiger charge is -2.44. The van der Waals surface area contributed by atoms with Crippen molar-refractivity contribution >= 4 is 21.6 Å². The molecule has 1 aromatic rings. The number of sulfonamides is 1. The zero-order chi connectivity index (χ0) is 22.0. The van der Waals surface area contributed by atoms with E-state index in [9.17, 15) is 13.2 Å². The van der Waals surface area contributed by atoms with Gasteiger partial charge in [-0.15, -0.1) is 0 Å². The number of carbonyl (C=O) groups is 1. The number of morpholine rings is 1. The number of rotatable bonds is 6. The summed E-state index contributed by atoms with van der Waals surface area (Å²) in [7, 11) is -3.63. The minimum Gasteiger partial charge on any atom is -0.374 e. The molecule has 31 heavy (non-hydrogen) atoms. The SMILES string of the molecule is CCN(CC)S(=O)(=O)c1ccc(N2CCCC2)c(C(=O)N2CCOC3CCCCC32)c1. The Labute approximate surface area is 186 Å². The number of fused-ring (bicyclic) bond motifs is 1. The monoisotopic (exact) mass is 449 g/mol. The van der Waals surface area contributed by atoms with Crippen LogP contribution in [0.1, 0.15) is 62.7 Å². The maximum absolute atomic E-state index is 13.9. The van der Waals surface area contributed by atoms with Crippen molar-refractivity contribution in [2.75, 3.05) is 44.2 Å². The zero-order valence-corrected chi connectivity index (χ0v) is 19.6. The Morgan fingerprint density at radius 1 is 1.06 bits per heavy atom. The van der Waals surface area contributed by atoms with Gasteiger partial charge in [0.1, 0.15) is 0 Å². The van der Waals surface area contributed by atoms with Gasteiger partial charge >= 0.3 is 0 Å². The number of nitrogens with zero attached hydrogens (tertiary/aromatic N) is 3. The molecular weight excluding hydrogens is 414 g/mol. The molecule has 2 aliphatic heterocycles. The van der Waals surface area contributed by atoms with Gasteiger partial charge in [-0.05, 0) is 43.9 Å². The minimum absolute atomic E-state index is 0.0568.